The van der Waals surface area contributed by atoms with Gasteiger partial charge in [0.25, 0.3) is 0 Å². The molecule has 0 spiro atoms. The number of benzene rings is 1. The fourth-order valence-corrected chi connectivity index (χ4v) is 4.82. The molecule has 116 valence electrons. The van der Waals surface area contributed by atoms with Crippen molar-refractivity contribution in [2.24, 2.45) is 16.8 Å². The number of fused-ring (bicyclic) bond motifs is 3. The lowest BCUT2D eigenvalue weighted by molar-refractivity contribution is 0.215. The number of aromatic hydroxyl groups is 1. The molecule has 2 heteroatoms. The van der Waals surface area contributed by atoms with Crippen LogP contribution in [-0.2, 0) is 0 Å². The zero-order valence-corrected chi connectivity index (χ0v) is 13.2. The van der Waals surface area contributed by atoms with Crippen molar-refractivity contribution in [3.8, 4) is 5.75 Å². The Kier molecular flexibility index (Phi) is 3.77. The Morgan fingerprint density at radius 2 is 1.82 bits per heavy atom. The Bertz CT molecular complexity index is 599. The van der Waals surface area contributed by atoms with Gasteiger partial charge in [0.05, 0.1) is 6.04 Å². The van der Waals surface area contributed by atoms with Crippen molar-refractivity contribution in [3.05, 3.63) is 41.0 Å². The summed E-state index contributed by atoms with van der Waals surface area (Å²) in [5.41, 5.74) is 4.69. The van der Waals surface area contributed by atoms with Crippen LogP contribution >= 0.6 is 0 Å². The van der Waals surface area contributed by atoms with Gasteiger partial charge >= 0.3 is 0 Å². The zero-order valence-electron chi connectivity index (χ0n) is 13.2. The summed E-state index contributed by atoms with van der Waals surface area (Å²) in [6.07, 6.45) is 12.9. The maximum absolute atomic E-state index is 9.38. The number of hydrogen-bond acceptors (Lipinski definition) is 2. The van der Waals surface area contributed by atoms with Gasteiger partial charge in [0.2, 0.25) is 0 Å². The molecule has 1 saturated carbocycles. The van der Waals surface area contributed by atoms with Gasteiger partial charge < -0.3 is 5.11 Å². The molecule has 1 aromatic carbocycles. The monoisotopic (exact) mass is 295 g/mol. The van der Waals surface area contributed by atoms with Gasteiger partial charge in [-0.3, -0.25) is 4.99 Å². The molecule has 1 N–H and O–H groups in total. The van der Waals surface area contributed by atoms with E-state index >= 15 is 0 Å². The molecule has 0 unspecified atom stereocenters. The Morgan fingerprint density at radius 1 is 1.00 bits per heavy atom. The first-order valence-electron chi connectivity index (χ1n) is 8.84. The van der Waals surface area contributed by atoms with Crippen LogP contribution in [0.4, 0.5) is 0 Å². The molecule has 4 rings (SSSR count). The summed E-state index contributed by atoms with van der Waals surface area (Å²) in [7, 11) is 0. The number of rotatable bonds is 2. The summed E-state index contributed by atoms with van der Waals surface area (Å²) in [4.78, 5) is 5.02. The van der Waals surface area contributed by atoms with Crippen molar-refractivity contribution in [1.29, 1.82) is 0 Å². The van der Waals surface area contributed by atoms with E-state index < -0.39 is 0 Å². The van der Waals surface area contributed by atoms with E-state index in [1.807, 2.05) is 18.3 Å². The van der Waals surface area contributed by atoms with Crippen molar-refractivity contribution in [3.63, 3.8) is 0 Å². The topological polar surface area (TPSA) is 32.6 Å². The molecule has 3 atom stereocenters. The predicted molar refractivity (Wildman–Crippen MR) is 90.4 cm³/mol. The van der Waals surface area contributed by atoms with Crippen molar-refractivity contribution in [2.45, 2.75) is 57.4 Å². The first-order chi connectivity index (χ1) is 10.8. The summed E-state index contributed by atoms with van der Waals surface area (Å²) < 4.78 is 0. The second-order valence-electron chi connectivity index (χ2n) is 7.20. The van der Waals surface area contributed by atoms with Crippen LogP contribution in [-0.4, -0.2) is 17.4 Å². The van der Waals surface area contributed by atoms with Gasteiger partial charge in [0.15, 0.2) is 0 Å². The summed E-state index contributed by atoms with van der Waals surface area (Å²) in [6.45, 7) is 0. The maximum atomic E-state index is 9.38. The molecule has 0 radical (unpaired) electrons. The third-order valence-electron chi connectivity index (χ3n) is 5.86. The molecular formula is C20H25NO. The van der Waals surface area contributed by atoms with Crippen LogP contribution in [0.3, 0.4) is 0 Å². The van der Waals surface area contributed by atoms with Gasteiger partial charge in [-0.25, -0.2) is 0 Å². The molecule has 0 heterocycles. The number of hydrogen-bond donors (Lipinski definition) is 1. The van der Waals surface area contributed by atoms with Crippen LogP contribution < -0.4 is 0 Å². The van der Waals surface area contributed by atoms with E-state index in [0.717, 1.165) is 17.4 Å². The molecule has 0 aromatic heterocycles. The average molecular weight is 295 g/mol. The molecule has 2 nitrogen and oxygen atoms in total. The normalized spacial score (nSPS) is 31.4. The SMILES string of the molecule is Oc1ccc(C=N[C@H]2[C@@H]3CCC[C@H]2C2=C(CCCC2)C3)cc1. The fourth-order valence-electron chi connectivity index (χ4n) is 4.82. The maximum Gasteiger partial charge on any atom is 0.115 e. The summed E-state index contributed by atoms with van der Waals surface area (Å²) in [6, 6.07) is 7.88. The minimum absolute atomic E-state index is 0.323. The van der Waals surface area contributed by atoms with Crippen molar-refractivity contribution in [1.82, 2.24) is 0 Å². The smallest absolute Gasteiger partial charge is 0.115 e. The van der Waals surface area contributed by atoms with Gasteiger partial charge in [0, 0.05) is 12.1 Å². The highest BCUT2D eigenvalue weighted by Gasteiger charge is 2.40. The molecular weight excluding hydrogens is 270 g/mol. The molecule has 3 aliphatic carbocycles. The number of aliphatic imine (C=N–C) groups is 1. The number of allylic oxidation sites excluding steroid dienone is 1. The molecule has 1 aromatic rings. The van der Waals surface area contributed by atoms with Crippen LogP contribution in [0, 0.1) is 11.8 Å². The van der Waals surface area contributed by atoms with E-state index in [0.29, 0.717) is 11.8 Å². The van der Waals surface area contributed by atoms with E-state index in [1.54, 1.807) is 23.3 Å². The van der Waals surface area contributed by atoms with Gasteiger partial charge in [-0.15, -0.1) is 0 Å². The molecule has 0 saturated heterocycles. The van der Waals surface area contributed by atoms with Crippen molar-refractivity contribution < 1.29 is 5.11 Å². The second-order valence-corrected chi connectivity index (χ2v) is 7.20. The summed E-state index contributed by atoms with van der Waals surface area (Å²) >= 11 is 0. The van der Waals surface area contributed by atoms with E-state index in [4.69, 9.17) is 4.99 Å². The largest absolute Gasteiger partial charge is 0.508 e. The standard InChI is InChI=1S/C20H25NO/c22-17-10-8-14(9-11-17)13-21-20-16-5-3-7-19(20)18-6-2-1-4-15(18)12-16/h8-11,13,16,19-20,22H,1-7,12H2/t16-,19+,20+/m1/s1. The number of phenols is 1. The predicted octanol–water partition coefficient (Wildman–Crippen LogP) is 4.87. The minimum Gasteiger partial charge on any atom is -0.508 e. The van der Waals surface area contributed by atoms with Crippen molar-refractivity contribution >= 4 is 6.21 Å². The highest BCUT2D eigenvalue weighted by molar-refractivity contribution is 5.80. The quantitative estimate of drug-likeness (QED) is 0.612. The molecule has 2 bridgehead atoms. The van der Waals surface area contributed by atoms with Crippen LogP contribution in [0.2, 0.25) is 0 Å². The minimum atomic E-state index is 0.323. The Hall–Kier alpha value is -1.57. The van der Waals surface area contributed by atoms with Crippen LogP contribution in [0.1, 0.15) is 56.9 Å². The number of nitrogens with zero attached hydrogens (tertiary/aromatic N) is 1. The lowest BCUT2D eigenvalue weighted by Crippen LogP contribution is -2.38. The van der Waals surface area contributed by atoms with E-state index in [1.165, 1.54) is 51.4 Å². The average Bonchev–Trinajstić information content (AvgIpc) is 2.54. The van der Waals surface area contributed by atoms with E-state index in [2.05, 4.69) is 0 Å². The van der Waals surface area contributed by atoms with Crippen LogP contribution in [0.15, 0.2) is 40.4 Å². The van der Waals surface area contributed by atoms with Gasteiger partial charge in [-0.1, -0.05) is 17.6 Å². The molecule has 1 fully saturated rings. The first kappa shape index (κ1) is 14.0. The van der Waals surface area contributed by atoms with Crippen LogP contribution in [0.25, 0.3) is 0 Å². The van der Waals surface area contributed by atoms with Gasteiger partial charge in [-0.05, 0) is 80.7 Å². The Morgan fingerprint density at radius 3 is 2.68 bits per heavy atom. The van der Waals surface area contributed by atoms with Gasteiger partial charge in [0.1, 0.15) is 5.75 Å². The lowest BCUT2D eigenvalue weighted by atomic mass is 9.63. The molecule has 3 aliphatic rings. The van der Waals surface area contributed by atoms with Crippen molar-refractivity contribution in [2.75, 3.05) is 0 Å². The highest BCUT2D eigenvalue weighted by Crippen LogP contribution is 2.49. The Balaban J connectivity index is 1.59. The van der Waals surface area contributed by atoms with E-state index in [9.17, 15) is 5.11 Å². The zero-order chi connectivity index (χ0) is 14.9. The Labute approximate surface area is 133 Å². The summed E-state index contributed by atoms with van der Waals surface area (Å²) in [5, 5.41) is 9.38. The van der Waals surface area contributed by atoms with Gasteiger partial charge in [-0.2, -0.15) is 0 Å². The lowest BCUT2D eigenvalue weighted by Gasteiger charge is -2.44. The molecule has 22 heavy (non-hydrogen) atoms. The third-order valence-corrected chi connectivity index (χ3v) is 5.86. The number of phenolic OH excluding ortho intramolecular Hbond substituents is 1. The van der Waals surface area contributed by atoms with Crippen LogP contribution in [0.5, 0.6) is 5.75 Å². The first-order valence-corrected chi connectivity index (χ1v) is 8.84. The van der Waals surface area contributed by atoms with E-state index in [-0.39, 0.29) is 0 Å². The second kappa shape index (κ2) is 5.91. The highest BCUT2D eigenvalue weighted by atomic mass is 16.3. The summed E-state index contributed by atoms with van der Waals surface area (Å²) in [5.74, 6) is 1.81. The molecule has 0 amide bonds. The fraction of sp³-hybridized carbons (Fsp3) is 0.550. The third kappa shape index (κ3) is 2.60. The molecule has 0 aliphatic heterocycles.